The average molecular weight is 1040 g/mol. The van der Waals surface area contributed by atoms with Crippen molar-refractivity contribution in [2.24, 2.45) is 0 Å². The molecule has 6 nitrogen and oxygen atoms in total. The molecule has 0 aliphatic carbocycles. The molecule has 0 saturated carbocycles. The van der Waals surface area contributed by atoms with Crippen LogP contribution in [0.15, 0.2) is 60.8 Å². The first-order valence-corrected chi connectivity index (χ1v) is 32.3. The van der Waals surface area contributed by atoms with Gasteiger partial charge in [-0.15, -0.1) is 0 Å². The quantitative estimate of drug-likeness (QED) is 0.0261. The predicted octanol–water partition coefficient (Wildman–Crippen LogP) is 21.9. The molecule has 0 radical (unpaired) electrons. The van der Waals surface area contributed by atoms with E-state index in [4.69, 9.17) is 14.2 Å². The van der Waals surface area contributed by atoms with E-state index in [-0.39, 0.29) is 31.1 Å². The number of ether oxygens (including phenoxy) is 3. The summed E-state index contributed by atoms with van der Waals surface area (Å²) in [7, 11) is 0. The van der Waals surface area contributed by atoms with Crippen molar-refractivity contribution in [3.63, 3.8) is 0 Å². The fourth-order valence-electron chi connectivity index (χ4n) is 9.47. The molecule has 0 spiro atoms. The Morgan fingerprint density at radius 2 is 0.527 bits per heavy atom. The van der Waals surface area contributed by atoms with E-state index in [1.54, 1.807) is 0 Å². The summed E-state index contributed by atoms with van der Waals surface area (Å²) in [6.07, 6.45) is 79.8. The van der Waals surface area contributed by atoms with Crippen molar-refractivity contribution >= 4 is 17.9 Å². The molecule has 0 heterocycles. The lowest BCUT2D eigenvalue weighted by Crippen LogP contribution is -2.30. The van der Waals surface area contributed by atoms with Crippen LogP contribution in [-0.4, -0.2) is 37.2 Å². The molecule has 0 aromatic carbocycles. The van der Waals surface area contributed by atoms with Gasteiger partial charge < -0.3 is 14.2 Å². The number of hydrogen-bond donors (Lipinski definition) is 0. The summed E-state index contributed by atoms with van der Waals surface area (Å²) in [6, 6.07) is 0. The van der Waals surface area contributed by atoms with Crippen molar-refractivity contribution in [3.05, 3.63) is 60.8 Å². The third kappa shape index (κ3) is 60.0. The molecule has 0 bridgehead atoms. The van der Waals surface area contributed by atoms with Crippen LogP contribution in [0.3, 0.4) is 0 Å². The third-order valence-corrected chi connectivity index (χ3v) is 14.3. The molecule has 1 unspecified atom stereocenters. The van der Waals surface area contributed by atoms with Gasteiger partial charge in [-0.25, -0.2) is 0 Å². The van der Waals surface area contributed by atoms with Gasteiger partial charge >= 0.3 is 17.9 Å². The molecule has 0 aromatic rings. The van der Waals surface area contributed by atoms with E-state index in [9.17, 15) is 14.4 Å². The molecule has 74 heavy (non-hydrogen) atoms. The fraction of sp³-hybridized carbons (Fsp3) is 0.809. The molecule has 0 N–H and O–H groups in total. The number of hydrogen-bond acceptors (Lipinski definition) is 6. The van der Waals surface area contributed by atoms with Crippen LogP contribution in [0, 0.1) is 0 Å². The Balaban J connectivity index is 4.04. The summed E-state index contributed by atoms with van der Waals surface area (Å²) in [5.41, 5.74) is 0. The monoisotopic (exact) mass is 1030 g/mol. The van der Waals surface area contributed by atoms with Crippen LogP contribution in [-0.2, 0) is 28.6 Å². The van der Waals surface area contributed by atoms with E-state index in [2.05, 4.69) is 81.5 Å². The Kier molecular flexibility index (Phi) is 60.2. The number of unbranched alkanes of at least 4 members (excludes halogenated alkanes) is 38. The number of allylic oxidation sites excluding steroid dienone is 10. The molecular weight excluding hydrogens is 913 g/mol. The maximum Gasteiger partial charge on any atom is 0.306 e. The molecule has 430 valence electrons. The van der Waals surface area contributed by atoms with Crippen LogP contribution in [0.1, 0.15) is 335 Å². The highest BCUT2D eigenvalue weighted by molar-refractivity contribution is 5.71. The maximum absolute atomic E-state index is 12.8. The van der Waals surface area contributed by atoms with Crippen molar-refractivity contribution in [1.82, 2.24) is 0 Å². The lowest BCUT2D eigenvalue weighted by molar-refractivity contribution is -0.167. The van der Waals surface area contributed by atoms with Gasteiger partial charge in [0.15, 0.2) is 6.10 Å². The first kappa shape index (κ1) is 71.1. The number of carbonyl (C=O) groups is 3. The first-order valence-electron chi connectivity index (χ1n) is 32.3. The Labute approximate surface area is 460 Å². The molecule has 0 amide bonds. The minimum atomic E-state index is -0.768. The van der Waals surface area contributed by atoms with Crippen molar-refractivity contribution in [3.8, 4) is 0 Å². The van der Waals surface area contributed by atoms with Crippen LogP contribution < -0.4 is 0 Å². The summed E-state index contributed by atoms with van der Waals surface area (Å²) in [5.74, 6) is -0.862. The van der Waals surface area contributed by atoms with Crippen LogP contribution in [0.25, 0.3) is 0 Å². The van der Waals surface area contributed by atoms with Gasteiger partial charge in [0.05, 0.1) is 0 Å². The summed E-state index contributed by atoms with van der Waals surface area (Å²) >= 11 is 0. The molecule has 6 heteroatoms. The molecule has 0 aromatic heterocycles. The van der Waals surface area contributed by atoms with Gasteiger partial charge in [-0.05, 0) is 64.2 Å². The van der Waals surface area contributed by atoms with Gasteiger partial charge in [0.25, 0.3) is 0 Å². The third-order valence-electron chi connectivity index (χ3n) is 14.3. The molecule has 0 fully saturated rings. The van der Waals surface area contributed by atoms with Gasteiger partial charge in [0, 0.05) is 19.3 Å². The zero-order valence-corrected chi connectivity index (χ0v) is 49.4. The molecule has 0 aliphatic heterocycles. The zero-order chi connectivity index (χ0) is 53.6. The second kappa shape index (κ2) is 62.6. The largest absolute Gasteiger partial charge is 0.462 e. The van der Waals surface area contributed by atoms with Crippen molar-refractivity contribution in [2.45, 2.75) is 341 Å². The minimum absolute atomic E-state index is 0.0700. The molecule has 0 rings (SSSR count). The maximum atomic E-state index is 12.8. The van der Waals surface area contributed by atoms with E-state index in [0.717, 1.165) is 89.9 Å². The average Bonchev–Trinajstić information content (AvgIpc) is 3.40. The Morgan fingerprint density at radius 3 is 0.824 bits per heavy atom. The highest BCUT2D eigenvalue weighted by Crippen LogP contribution is 2.18. The van der Waals surface area contributed by atoms with Gasteiger partial charge in [-0.2, -0.15) is 0 Å². The van der Waals surface area contributed by atoms with Crippen LogP contribution in [0.5, 0.6) is 0 Å². The Hall–Kier alpha value is -2.89. The van der Waals surface area contributed by atoms with Crippen LogP contribution >= 0.6 is 0 Å². The van der Waals surface area contributed by atoms with Crippen molar-refractivity contribution in [1.29, 1.82) is 0 Å². The number of carbonyl (C=O) groups excluding carboxylic acids is 3. The lowest BCUT2D eigenvalue weighted by atomic mass is 10.0. The summed E-state index contributed by atoms with van der Waals surface area (Å²) in [6.45, 7) is 6.52. The Bertz CT molecular complexity index is 1330. The van der Waals surface area contributed by atoms with Gasteiger partial charge in [0.2, 0.25) is 0 Å². The van der Waals surface area contributed by atoms with Crippen LogP contribution in [0.4, 0.5) is 0 Å². The summed E-state index contributed by atoms with van der Waals surface area (Å²) in [5, 5.41) is 0. The zero-order valence-electron chi connectivity index (χ0n) is 49.4. The van der Waals surface area contributed by atoms with E-state index in [0.29, 0.717) is 19.3 Å². The molecule has 0 aliphatic rings. The first-order chi connectivity index (χ1) is 36.5. The second-order valence-corrected chi connectivity index (χ2v) is 21.7. The van der Waals surface area contributed by atoms with Gasteiger partial charge in [-0.3, -0.25) is 14.4 Å². The van der Waals surface area contributed by atoms with E-state index >= 15 is 0 Å². The van der Waals surface area contributed by atoms with Crippen LogP contribution in [0.2, 0.25) is 0 Å². The van der Waals surface area contributed by atoms with E-state index in [1.165, 1.54) is 205 Å². The smallest absolute Gasteiger partial charge is 0.306 e. The molecule has 0 saturated heterocycles. The molecule has 1 atom stereocenters. The highest BCUT2D eigenvalue weighted by Gasteiger charge is 2.19. The van der Waals surface area contributed by atoms with E-state index < -0.39 is 6.10 Å². The van der Waals surface area contributed by atoms with Gasteiger partial charge in [-0.1, -0.05) is 313 Å². The topological polar surface area (TPSA) is 78.9 Å². The van der Waals surface area contributed by atoms with E-state index in [1.807, 2.05) is 0 Å². The normalized spacial score (nSPS) is 12.4. The SMILES string of the molecule is CC/C=C\C/C=C\C/C=C\C/C=C\C/C=C\CCCCCCCCCCCCCCCC(=O)OCC(COC(=O)CCCCCCCC)OC(=O)CCCCCCCCCCCCCCCCCCCCCCC. The predicted molar refractivity (Wildman–Crippen MR) is 321 cm³/mol. The standard InChI is InChI=1S/C68H122O6/c1-4-7-10-13-16-18-20-22-24-26-28-30-31-32-33-34-35-36-37-39-40-42-44-46-48-50-52-55-58-61-67(70)73-64-65(63-72-66(69)60-57-54-15-12-9-6-3)74-68(71)62-59-56-53-51-49-47-45-43-41-38-29-27-25-23-21-19-17-14-11-8-5-2/h7,10,16,18,22,24,28,30,32-33,65H,4-6,8-9,11-15,17,19-21,23,25-27,29,31,34-64H2,1-3H3/b10-7-,18-16-,24-22-,30-28-,33-32-. The second-order valence-electron chi connectivity index (χ2n) is 21.7. The lowest BCUT2D eigenvalue weighted by Gasteiger charge is -2.18. The van der Waals surface area contributed by atoms with Crippen molar-refractivity contribution < 1.29 is 28.6 Å². The number of rotatable bonds is 59. The number of esters is 3. The Morgan fingerprint density at radius 1 is 0.284 bits per heavy atom. The minimum Gasteiger partial charge on any atom is -0.462 e. The van der Waals surface area contributed by atoms with Crippen molar-refractivity contribution in [2.75, 3.05) is 13.2 Å². The van der Waals surface area contributed by atoms with Gasteiger partial charge in [0.1, 0.15) is 13.2 Å². The fourth-order valence-corrected chi connectivity index (χ4v) is 9.47. The summed E-state index contributed by atoms with van der Waals surface area (Å²) < 4.78 is 16.8. The summed E-state index contributed by atoms with van der Waals surface area (Å²) in [4.78, 5) is 38.0. The molecular formula is C68H122O6. The highest BCUT2D eigenvalue weighted by atomic mass is 16.6.